The van der Waals surface area contributed by atoms with Crippen LogP contribution in [-0.2, 0) is 0 Å². The van der Waals surface area contributed by atoms with E-state index in [1.54, 1.807) is 31.2 Å². The molecule has 0 radical (unpaired) electrons. The number of rotatable bonds is 3. The molecule has 0 bridgehead atoms. The lowest BCUT2D eigenvalue weighted by Crippen LogP contribution is -2.15. The van der Waals surface area contributed by atoms with Gasteiger partial charge in [0.05, 0.1) is 5.56 Å². The van der Waals surface area contributed by atoms with E-state index in [4.69, 9.17) is 5.11 Å². The summed E-state index contributed by atoms with van der Waals surface area (Å²) in [4.78, 5) is 27.0. The molecular weight excluding hydrogens is 324 g/mol. The van der Waals surface area contributed by atoms with Crippen molar-refractivity contribution in [3.63, 3.8) is 0 Å². The Morgan fingerprint density at radius 1 is 1.25 bits per heavy atom. The van der Waals surface area contributed by atoms with Crippen molar-refractivity contribution in [3.05, 3.63) is 57.8 Å². The summed E-state index contributed by atoms with van der Waals surface area (Å²) < 4.78 is 0.776. The van der Waals surface area contributed by atoms with Crippen LogP contribution in [0.4, 0.5) is 5.69 Å². The summed E-state index contributed by atoms with van der Waals surface area (Å²) in [5.41, 5.74) is 1.38. The second-order valence-corrected chi connectivity index (χ2v) is 5.01. The number of nitrogens with one attached hydrogen (secondary N) is 1. The highest BCUT2D eigenvalue weighted by Crippen LogP contribution is 2.19. The number of aromatic nitrogens is 1. The van der Waals surface area contributed by atoms with E-state index in [1.807, 2.05) is 0 Å². The fourth-order valence-electron chi connectivity index (χ4n) is 1.70. The monoisotopic (exact) mass is 334 g/mol. The zero-order chi connectivity index (χ0) is 14.7. The molecule has 20 heavy (non-hydrogen) atoms. The van der Waals surface area contributed by atoms with Crippen LogP contribution in [0.25, 0.3) is 0 Å². The number of carboxylic acids is 1. The Morgan fingerprint density at radius 3 is 2.60 bits per heavy atom. The molecule has 1 aromatic heterocycles. The third-order valence-corrected chi connectivity index (χ3v) is 3.24. The topological polar surface area (TPSA) is 79.3 Å². The molecule has 0 aliphatic heterocycles. The van der Waals surface area contributed by atoms with Crippen LogP contribution < -0.4 is 5.32 Å². The van der Waals surface area contributed by atoms with Crippen LogP contribution >= 0.6 is 15.9 Å². The van der Waals surface area contributed by atoms with Crippen LogP contribution in [0.15, 0.2) is 41.0 Å². The van der Waals surface area contributed by atoms with Crippen LogP contribution in [-0.4, -0.2) is 22.0 Å². The molecule has 6 heteroatoms. The number of benzene rings is 1. The number of aromatic carboxylic acids is 1. The molecule has 0 fully saturated rings. The maximum Gasteiger partial charge on any atom is 0.336 e. The minimum absolute atomic E-state index is 0.159. The molecule has 0 saturated heterocycles. The largest absolute Gasteiger partial charge is 0.478 e. The number of nitrogens with zero attached hydrogens (tertiary/aromatic N) is 1. The Morgan fingerprint density at radius 2 is 2.00 bits per heavy atom. The van der Waals surface area contributed by atoms with Crippen molar-refractivity contribution in [1.82, 2.24) is 4.98 Å². The molecule has 0 aliphatic carbocycles. The first-order chi connectivity index (χ1) is 9.49. The maximum absolute atomic E-state index is 12.0. The summed E-state index contributed by atoms with van der Waals surface area (Å²) in [6.07, 6.45) is 1.52. The quantitative estimate of drug-likeness (QED) is 0.903. The molecule has 1 amide bonds. The van der Waals surface area contributed by atoms with Crippen LogP contribution in [0.5, 0.6) is 0 Å². The van der Waals surface area contributed by atoms with Gasteiger partial charge in [-0.2, -0.15) is 0 Å². The van der Waals surface area contributed by atoms with Gasteiger partial charge >= 0.3 is 5.97 Å². The van der Waals surface area contributed by atoms with Crippen molar-refractivity contribution in [2.45, 2.75) is 6.92 Å². The van der Waals surface area contributed by atoms with E-state index >= 15 is 0 Å². The van der Waals surface area contributed by atoms with Gasteiger partial charge in [-0.1, -0.05) is 6.07 Å². The van der Waals surface area contributed by atoms with E-state index in [0.29, 0.717) is 11.3 Å². The molecule has 2 N–H and O–H groups in total. The number of hydrogen-bond acceptors (Lipinski definition) is 3. The Hall–Kier alpha value is -2.21. The summed E-state index contributed by atoms with van der Waals surface area (Å²) in [6, 6.07) is 8.02. The number of amides is 1. The van der Waals surface area contributed by atoms with Crippen molar-refractivity contribution in [1.29, 1.82) is 0 Å². The van der Waals surface area contributed by atoms with Crippen molar-refractivity contribution < 1.29 is 14.7 Å². The van der Waals surface area contributed by atoms with Gasteiger partial charge in [0, 0.05) is 16.4 Å². The lowest BCUT2D eigenvalue weighted by Gasteiger charge is -2.10. The van der Waals surface area contributed by atoms with E-state index in [-0.39, 0.29) is 17.2 Å². The van der Waals surface area contributed by atoms with Crippen LogP contribution in [0.3, 0.4) is 0 Å². The van der Waals surface area contributed by atoms with Crippen LogP contribution in [0, 0.1) is 6.92 Å². The predicted molar refractivity (Wildman–Crippen MR) is 78.0 cm³/mol. The molecule has 5 nitrogen and oxygen atoms in total. The van der Waals surface area contributed by atoms with E-state index < -0.39 is 5.97 Å². The van der Waals surface area contributed by atoms with E-state index in [1.165, 1.54) is 12.3 Å². The third kappa shape index (κ3) is 3.03. The summed E-state index contributed by atoms with van der Waals surface area (Å²) in [7, 11) is 0. The second-order valence-electron chi connectivity index (χ2n) is 4.10. The number of anilines is 1. The average Bonchev–Trinajstić information content (AvgIpc) is 2.41. The highest BCUT2D eigenvalue weighted by atomic mass is 79.9. The van der Waals surface area contributed by atoms with Crippen molar-refractivity contribution in [2.75, 3.05) is 5.32 Å². The molecule has 0 unspecified atom stereocenters. The number of halogens is 1. The summed E-state index contributed by atoms with van der Waals surface area (Å²) >= 11 is 3.24. The van der Waals surface area contributed by atoms with E-state index in [9.17, 15) is 9.59 Å². The smallest absolute Gasteiger partial charge is 0.336 e. The van der Waals surface area contributed by atoms with E-state index in [0.717, 1.165) is 4.47 Å². The van der Waals surface area contributed by atoms with Crippen LogP contribution in [0.1, 0.15) is 26.4 Å². The average molecular weight is 335 g/mol. The Labute approximate surface area is 123 Å². The number of hydrogen-bond donors (Lipinski definition) is 2. The second kappa shape index (κ2) is 5.83. The highest BCUT2D eigenvalue weighted by molar-refractivity contribution is 9.10. The number of carboxylic acid groups (broad SMARTS) is 1. The van der Waals surface area contributed by atoms with Crippen LogP contribution in [0.2, 0.25) is 0 Å². The molecule has 0 saturated carbocycles. The maximum atomic E-state index is 12.0. The first kappa shape index (κ1) is 14.2. The molecule has 0 atom stereocenters. The highest BCUT2D eigenvalue weighted by Gasteiger charge is 2.13. The SMILES string of the molecule is Cc1c(NC(=O)c2ccc(Br)cn2)cccc1C(=O)O. The first-order valence-corrected chi connectivity index (χ1v) is 6.54. The Bertz CT molecular complexity index is 669. The molecule has 102 valence electrons. The van der Waals surface area contributed by atoms with Gasteiger partial charge in [-0.05, 0) is 52.7 Å². The molecule has 2 aromatic rings. The number of pyridine rings is 1. The van der Waals surface area contributed by atoms with Gasteiger partial charge in [0.2, 0.25) is 0 Å². The molecule has 0 aliphatic rings. The minimum atomic E-state index is -1.03. The minimum Gasteiger partial charge on any atom is -0.478 e. The molecule has 1 heterocycles. The molecular formula is C14H11BrN2O3. The van der Waals surface area contributed by atoms with Crippen molar-refractivity contribution >= 4 is 33.5 Å². The molecule has 2 rings (SSSR count). The lowest BCUT2D eigenvalue weighted by molar-refractivity contribution is 0.0695. The normalized spacial score (nSPS) is 10.1. The van der Waals surface area contributed by atoms with Crippen molar-refractivity contribution in [3.8, 4) is 0 Å². The van der Waals surface area contributed by atoms with Crippen molar-refractivity contribution in [2.24, 2.45) is 0 Å². The zero-order valence-corrected chi connectivity index (χ0v) is 12.1. The summed E-state index contributed by atoms with van der Waals surface area (Å²) in [5, 5.41) is 11.7. The zero-order valence-electron chi connectivity index (χ0n) is 10.6. The van der Waals surface area contributed by atoms with Gasteiger partial charge in [0.15, 0.2) is 0 Å². The molecule has 0 spiro atoms. The standard InChI is InChI=1S/C14H11BrN2O3/c1-8-10(14(19)20)3-2-4-11(8)17-13(18)12-6-5-9(15)7-16-12/h2-7H,1H3,(H,17,18)(H,19,20). The summed E-state index contributed by atoms with van der Waals surface area (Å²) in [6.45, 7) is 1.65. The van der Waals surface area contributed by atoms with Gasteiger partial charge in [-0.25, -0.2) is 9.78 Å². The van der Waals surface area contributed by atoms with Gasteiger partial charge in [-0.15, -0.1) is 0 Å². The number of carbonyl (C=O) groups excluding carboxylic acids is 1. The molecule has 1 aromatic carbocycles. The Balaban J connectivity index is 2.26. The van der Waals surface area contributed by atoms with E-state index in [2.05, 4.69) is 26.2 Å². The number of carbonyl (C=O) groups is 2. The fourth-order valence-corrected chi connectivity index (χ4v) is 1.93. The summed E-state index contributed by atoms with van der Waals surface area (Å²) in [5.74, 6) is -1.41. The fraction of sp³-hybridized carbons (Fsp3) is 0.0714. The first-order valence-electron chi connectivity index (χ1n) is 5.75. The third-order valence-electron chi connectivity index (χ3n) is 2.77. The van der Waals surface area contributed by atoms with Gasteiger partial charge in [-0.3, -0.25) is 4.79 Å². The van der Waals surface area contributed by atoms with Gasteiger partial charge < -0.3 is 10.4 Å². The Kier molecular flexibility index (Phi) is 4.14. The predicted octanol–water partition coefficient (Wildman–Crippen LogP) is 3.10. The van der Waals surface area contributed by atoms with Gasteiger partial charge in [0.25, 0.3) is 5.91 Å². The lowest BCUT2D eigenvalue weighted by atomic mass is 10.1. The van der Waals surface area contributed by atoms with Gasteiger partial charge in [0.1, 0.15) is 5.69 Å².